The van der Waals surface area contributed by atoms with Crippen molar-refractivity contribution in [3.8, 4) is 0 Å². The van der Waals surface area contributed by atoms with Crippen LogP contribution in [0, 0.1) is 0 Å². The lowest BCUT2D eigenvalue weighted by Gasteiger charge is -2.27. The van der Waals surface area contributed by atoms with Crippen molar-refractivity contribution in [1.82, 2.24) is 4.98 Å². The highest BCUT2D eigenvalue weighted by atomic mass is 79.9. The monoisotopic (exact) mass is 273 g/mol. The third-order valence-corrected chi connectivity index (χ3v) is 2.41. The summed E-state index contributed by atoms with van der Waals surface area (Å²) in [6.45, 7) is 4.02. The van der Waals surface area contributed by atoms with E-state index in [1.807, 2.05) is 11.9 Å². The number of aliphatic hydroxyl groups is 1. The highest BCUT2D eigenvalue weighted by molar-refractivity contribution is 9.10. The number of hydrogen-bond acceptors (Lipinski definition) is 4. The maximum absolute atomic E-state index is 9.69. The Balaban J connectivity index is 2.87. The fourth-order valence-electron chi connectivity index (χ4n) is 1.38. The summed E-state index contributed by atoms with van der Waals surface area (Å²) in [7, 11) is 1.88. The molecule has 0 aliphatic heterocycles. The van der Waals surface area contributed by atoms with Crippen molar-refractivity contribution in [3.05, 3.63) is 16.7 Å². The standard InChI is InChI=1S/C10H16BrN3O/c1-10(2,15)6-14(3)9-8(11)4-7(12)5-13-9/h4-5,15H,6,12H2,1-3H3. The van der Waals surface area contributed by atoms with Gasteiger partial charge in [0, 0.05) is 13.6 Å². The van der Waals surface area contributed by atoms with Gasteiger partial charge in [-0.1, -0.05) is 0 Å². The van der Waals surface area contributed by atoms with Gasteiger partial charge in [-0.25, -0.2) is 4.98 Å². The van der Waals surface area contributed by atoms with E-state index in [4.69, 9.17) is 5.73 Å². The van der Waals surface area contributed by atoms with Crippen molar-refractivity contribution >= 4 is 27.4 Å². The van der Waals surface area contributed by atoms with Crippen LogP contribution in [0.4, 0.5) is 11.5 Å². The smallest absolute Gasteiger partial charge is 0.142 e. The molecule has 0 amide bonds. The first-order chi connectivity index (χ1) is 6.79. The van der Waals surface area contributed by atoms with Gasteiger partial charge in [0.2, 0.25) is 0 Å². The molecule has 0 fully saturated rings. The summed E-state index contributed by atoms with van der Waals surface area (Å²) in [4.78, 5) is 6.08. The van der Waals surface area contributed by atoms with Crippen LogP contribution in [0.2, 0.25) is 0 Å². The van der Waals surface area contributed by atoms with Crippen LogP contribution >= 0.6 is 15.9 Å². The van der Waals surface area contributed by atoms with Crippen molar-refractivity contribution in [2.24, 2.45) is 0 Å². The van der Waals surface area contributed by atoms with Crippen molar-refractivity contribution in [3.63, 3.8) is 0 Å². The Morgan fingerprint density at radius 2 is 2.20 bits per heavy atom. The Kier molecular flexibility index (Phi) is 3.57. The van der Waals surface area contributed by atoms with Gasteiger partial charge in [0.15, 0.2) is 0 Å². The van der Waals surface area contributed by atoms with E-state index < -0.39 is 5.60 Å². The maximum Gasteiger partial charge on any atom is 0.142 e. The van der Waals surface area contributed by atoms with E-state index in [0.29, 0.717) is 12.2 Å². The Morgan fingerprint density at radius 3 is 2.67 bits per heavy atom. The lowest BCUT2D eigenvalue weighted by atomic mass is 10.1. The van der Waals surface area contributed by atoms with Crippen LogP contribution < -0.4 is 10.6 Å². The summed E-state index contributed by atoms with van der Waals surface area (Å²) in [5, 5.41) is 9.69. The molecule has 4 nitrogen and oxygen atoms in total. The summed E-state index contributed by atoms with van der Waals surface area (Å²) in [6.07, 6.45) is 1.60. The highest BCUT2D eigenvalue weighted by Gasteiger charge is 2.18. The number of halogens is 1. The van der Waals surface area contributed by atoms with Crippen molar-refractivity contribution in [2.75, 3.05) is 24.2 Å². The SMILES string of the molecule is CN(CC(C)(C)O)c1ncc(N)cc1Br. The number of pyridine rings is 1. The number of aromatic nitrogens is 1. The molecule has 0 radical (unpaired) electrons. The fourth-order valence-corrected chi connectivity index (χ4v) is 2.05. The van der Waals surface area contributed by atoms with Crippen LogP contribution in [-0.2, 0) is 0 Å². The molecule has 5 heteroatoms. The average molecular weight is 274 g/mol. The predicted octanol–water partition coefficient (Wildman–Crippen LogP) is 1.63. The van der Waals surface area contributed by atoms with Gasteiger partial charge >= 0.3 is 0 Å². The second-order valence-electron chi connectivity index (χ2n) is 4.24. The highest BCUT2D eigenvalue weighted by Crippen LogP contribution is 2.25. The molecule has 15 heavy (non-hydrogen) atoms. The summed E-state index contributed by atoms with van der Waals surface area (Å²) >= 11 is 3.39. The Bertz CT molecular complexity index is 349. The largest absolute Gasteiger partial charge is 0.397 e. The van der Waals surface area contributed by atoms with Crippen LogP contribution in [0.1, 0.15) is 13.8 Å². The van der Waals surface area contributed by atoms with E-state index in [0.717, 1.165) is 10.3 Å². The quantitative estimate of drug-likeness (QED) is 0.879. The summed E-state index contributed by atoms with van der Waals surface area (Å²) in [5.74, 6) is 0.770. The van der Waals surface area contributed by atoms with E-state index in [2.05, 4.69) is 20.9 Å². The summed E-state index contributed by atoms with van der Waals surface area (Å²) in [6, 6.07) is 1.79. The second-order valence-corrected chi connectivity index (χ2v) is 5.10. The minimum Gasteiger partial charge on any atom is -0.397 e. The van der Waals surface area contributed by atoms with Crippen molar-refractivity contribution in [1.29, 1.82) is 0 Å². The molecule has 0 bridgehead atoms. The Labute approximate surface area is 98.2 Å². The third-order valence-electron chi connectivity index (χ3n) is 1.83. The van der Waals surface area contributed by atoms with Gasteiger partial charge in [0.05, 0.1) is 22.0 Å². The van der Waals surface area contributed by atoms with Gasteiger partial charge in [-0.3, -0.25) is 0 Å². The number of rotatable bonds is 3. The van der Waals surface area contributed by atoms with Crippen LogP contribution in [0.5, 0.6) is 0 Å². The van der Waals surface area contributed by atoms with E-state index in [9.17, 15) is 5.11 Å². The second kappa shape index (κ2) is 4.37. The normalized spacial score (nSPS) is 11.5. The topological polar surface area (TPSA) is 62.4 Å². The predicted molar refractivity (Wildman–Crippen MR) is 65.9 cm³/mol. The lowest BCUT2D eigenvalue weighted by molar-refractivity contribution is 0.0884. The first kappa shape index (κ1) is 12.3. The number of anilines is 2. The molecule has 0 unspecified atom stereocenters. The molecule has 3 N–H and O–H groups in total. The molecular weight excluding hydrogens is 258 g/mol. The van der Waals surface area contributed by atoms with Crippen molar-refractivity contribution in [2.45, 2.75) is 19.4 Å². The van der Waals surface area contributed by atoms with E-state index >= 15 is 0 Å². The fraction of sp³-hybridized carbons (Fsp3) is 0.500. The Hall–Kier alpha value is -0.810. The number of nitrogens with zero attached hydrogens (tertiary/aromatic N) is 2. The van der Waals surface area contributed by atoms with Gasteiger partial charge < -0.3 is 15.7 Å². The molecule has 0 aromatic carbocycles. The van der Waals surface area contributed by atoms with Gasteiger partial charge in [-0.15, -0.1) is 0 Å². The van der Waals surface area contributed by atoms with Crippen molar-refractivity contribution < 1.29 is 5.11 Å². The number of nitrogen functional groups attached to an aromatic ring is 1. The number of likely N-dealkylation sites (N-methyl/N-ethyl adjacent to an activating group) is 1. The molecule has 0 aliphatic rings. The molecule has 1 heterocycles. The minimum atomic E-state index is -0.753. The molecule has 0 spiro atoms. The maximum atomic E-state index is 9.69. The van der Waals surface area contributed by atoms with E-state index in [1.165, 1.54) is 0 Å². The zero-order chi connectivity index (χ0) is 11.6. The summed E-state index contributed by atoms with van der Waals surface area (Å²) < 4.78 is 0.828. The molecule has 0 saturated carbocycles. The molecule has 0 saturated heterocycles. The summed E-state index contributed by atoms with van der Waals surface area (Å²) in [5.41, 5.74) is 5.46. The Morgan fingerprint density at radius 1 is 1.60 bits per heavy atom. The first-order valence-electron chi connectivity index (χ1n) is 4.64. The van der Waals surface area contributed by atoms with Gasteiger partial charge in [-0.05, 0) is 35.8 Å². The van der Waals surface area contributed by atoms with Crippen LogP contribution in [-0.4, -0.2) is 29.3 Å². The molecule has 84 valence electrons. The lowest BCUT2D eigenvalue weighted by Crippen LogP contribution is -2.36. The zero-order valence-electron chi connectivity index (χ0n) is 9.16. The zero-order valence-corrected chi connectivity index (χ0v) is 10.7. The van der Waals surface area contributed by atoms with Gasteiger partial charge in [0.1, 0.15) is 5.82 Å². The molecular formula is C10H16BrN3O. The average Bonchev–Trinajstić information content (AvgIpc) is 1.99. The number of hydrogen-bond donors (Lipinski definition) is 2. The van der Waals surface area contributed by atoms with Gasteiger partial charge in [-0.2, -0.15) is 0 Å². The van der Waals surface area contributed by atoms with Crippen LogP contribution in [0.3, 0.4) is 0 Å². The molecule has 1 aromatic heterocycles. The molecule has 1 rings (SSSR count). The van der Waals surface area contributed by atoms with Gasteiger partial charge in [0.25, 0.3) is 0 Å². The van der Waals surface area contributed by atoms with Crippen LogP contribution in [0.25, 0.3) is 0 Å². The third kappa shape index (κ3) is 3.68. The molecule has 0 aliphatic carbocycles. The van der Waals surface area contributed by atoms with E-state index in [1.54, 1.807) is 26.1 Å². The first-order valence-corrected chi connectivity index (χ1v) is 5.43. The minimum absolute atomic E-state index is 0.502. The van der Waals surface area contributed by atoms with E-state index in [-0.39, 0.29) is 0 Å². The molecule has 0 atom stereocenters. The number of nitrogens with two attached hydrogens (primary N) is 1. The van der Waals surface area contributed by atoms with Crippen LogP contribution in [0.15, 0.2) is 16.7 Å². The molecule has 1 aromatic rings.